The third-order valence-electron chi connectivity index (χ3n) is 7.45. The van der Waals surface area contributed by atoms with Crippen molar-refractivity contribution in [3.8, 4) is 6.07 Å². The molecule has 2 aromatic heterocycles. The Bertz CT molecular complexity index is 1630. The molecule has 0 aliphatic carbocycles. The zero-order chi connectivity index (χ0) is 25.4. The van der Waals surface area contributed by atoms with Crippen LogP contribution in [0.3, 0.4) is 0 Å². The molecule has 1 saturated heterocycles. The maximum Gasteiger partial charge on any atom is 0.157 e. The predicted octanol–water partition coefficient (Wildman–Crippen LogP) is 6.23. The summed E-state index contributed by atoms with van der Waals surface area (Å²) in [7, 11) is 0. The molecule has 0 spiro atoms. The van der Waals surface area contributed by atoms with Crippen LogP contribution in [0.1, 0.15) is 27.8 Å². The summed E-state index contributed by atoms with van der Waals surface area (Å²) in [5.41, 5.74) is 7.96. The first-order chi connectivity index (χ1) is 18.1. The minimum Gasteiger partial charge on any atom is -0.355 e. The van der Waals surface area contributed by atoms with Crippen molar-refractivity contribution in [2.24, 2.45) is 0 Å². The molecule has 0 amide bonds. The van der Waals surface area contributed by atoms with Crippen molar-refractivity contribution in [1.82, 2.24) is 14.3 Å². The van der Waals surface area contributed by atoms with E-state index in [0.717, 1.165) is 72.2 Å². The van der Waals surface area contributed by atoms with Gasteiger partial charge < -0.3 is 4.90 Å². The van der Waals surface area contributed by atoms with E-state index in [0.29, 0.717) is 5.56 Å². The molecule has 6 heteroatoms. The van der Waals surface area contributed by atoms with Gasteiger partial charge in [0.15, 0.2) is 5.65 Å². The highest BCUT2D eigenvalue weighted by Gasteiger charge is 2.27. The van der Waals surface area contributed by atoms with Crippen LogP contribution in [-0.4, -0.2) is 40.5 Å². The van der Waals surface area contributed by atoms with Gasteiger partial charge in [-0.15, -0.1) is 0 Å². The number of nitrogens with zero attached hydrogens (tertiary/aromatic N) is 5. The molecule has 5 aromatic rings. The van der Waals surface area contributed by atoms with Crippen LogP contribution in [0.2, 0.25) is 5.02 Å². The molecule has 37 heavy (non-hydrogen) atoms. The molecule has 0 unspecified atom stereocenters. The Labute approximate surface area is 222 Å². The number of aromatic nitrogens is 2. The van der Waals surface area contributed by atoms with E-state index < -0.39 is 0 Å². The molecule has 3 aromatic carbocycles. The molecule has 5 nitrogen and oxygen atoms in total. The summed E-state index contributed by atoms with van der Waals surface area (Å²) >= 11 is 6.45. The van der Waals surface area contributed by atoms with Crippen molar-refractivity contribution in [2.75, 3.05) is 31.1 Å². The molecule has 1 fully saturated rings. The van der Waals surface area contributed by atoms with Gasteiger partial charge >= 0.3 is 0 Å². The fourth-order valence-electron chi connectivity index (χ4n) is 5.49. The molecule has 1 aliphatic rings. The summed E-state index contributed by atoms with van der Waals surface area (Å²) in [6.07, 6.45) is 0.763. The molecular weight excluding hydrogens is 478 g/mol. The summed E-state index contributed by atoms with van der Waals surface area (Å²) in [6, 6.07) is 29.3. The molecule has 0 atom stereocenters. The topological polar surface area (TPSA) is 47.6 Å². The molecule has 0 bridgehead atoms. The number of piperazine rings is 1. The zero-order valence-corrected chi connectivity index (χ0v) is 21.6. The minimum atomic E-state index is 0.656. The van der Waals surface area contributed by atoms with Crippen LogP contribution in [0.15, 0.2) is 78.9 Å². The molecule has 184 valence electrons. The van der Waals surface area contributed by atoms with Crippen LogP contribution in [-0.2, 0) is 13.0 Å². The normalized spacial score (nSPS) is 14.4. The lowest BCUT2D eigenvalue weighted by molar-refractivity contribution is 0.249. The maximum atomic E-state index is 10.2. The smallest absolute Gasteiger partial charge is 0.157 e. The van der Waals surface area contributed by atoms with Crippen molar-refractivity contribution in [2.45, 2.75) is 19.9 Å². The van der Waals surface area contributed by atoms with Crippen molar-refractivity contribution in [3.05, 3.63) is 112 Å². The van der Waals surface area contributed by atoms with E-state index in [-0.39, 0.29) is 0 Å². The van der Waals surface area contributed by atoms with E-state index in [1.807, 2.05) is 42.5 Å². The number of hydrogen-bond donors (Lipinski definition) is 0. The Hall–Kier alpha value is -3.85. The second-order valence-corrected chi connectivity index (χ2v) is 10.1. The van der Waals surface area contributed by atoms with Crippen LogP contribution >= 0.6 is 11.6 Å². The number of benzene rings is 3. The molecule has 3 heterocycles. The molecule has 1 aliphatic heterocycles. The summed E-state index contributed by atoms with van der Waals surface area (Å²) in [4.78, 5) is 9.87. The Morgan fingerprint density at radius 3 is 2.35 bits per heavy atom. The van der Waals surface area contributed by atoms with E-state index in [1.165, 1.54) is 16.7 Å². The number of imidazole rings is 1. The Balaban J connectivity index is 1.45. The van der Waals surface area contributed by atoms with E-state index in [2.05, 4.69) is 63.6 Å². The van der Waals surface area contributed by atoms with Gasteiger partial charge in [0.1, 0.15) is 11.9 Å². The van der Waals surface area contributed by atoms with Crippen molar-refractivity contribution < 1.29 is 0 Å². The fraction of sp³-hybridized carbons (Fsp3) is 0.226. The third kappa shape index (κ3) is 4.33. The second-order valence-electron chi connectivity index (χ2n) is 9.69. The number of anilines is 1. The van der Waals surface area contributed by atoms with Crippen LogP contribution < -0.4 is 4.90 Å². The number of nitriles is 1. The standard InChI is InChI=1S/C31H28ClN5/c1-22-25(19-23-9-3-2-4-10-23)31(37-29-14-8-7-13-28(29)34-30(37)26(22)20-33)36-17-15-35(16-18-36)21-24-11-5-6-12-27(24)32/h2-14H,15-19,21H2,1H3. The van der Waals surface area contributed by atoms with Gasteiger partial charge in [0, 0.05) is 49.7 Å². The van der Waals surface area contributed by atoms with Crippen molar-refractivity contribution in [3.63, 3.8) is 0 Å². The van der Waals surface area contributed by atoms with Crippen LogP contribution in [0, 0.1) is 18.3 Å². The highest BCUT2D eigenvalue weighted by Crippen LogP contribution is 2.35. The highest BCUT2D eigenvalue weighted by molar-refractivity contribution is 6.31. The fourth-order valence-corrected chi connectivity index (χ4v) is 5.69. The summed E-state index contributed by atoms with van der Waals surface area (Å²) in [5.74, 6) is 1.15. The molecule has 0 saturated carbocycles. The van der Waals surface area contributed by atoms with Crippen LogP contribution in [0.25, 0.3) is 16.7 Å². The highest BCUT2D eigenvalue weighted by atomic mass is 35.5. The number of rotatable bonds is 5. The quantitative estimate of drug-likeness (QED) is 0.284. The maximum absolute atomic E-state index is 10.2. The Morgan fingerprint density at radius 2 is 1.59 bits per heavy atom. The molecular formula is C31H28ClN5. The monoisotopic (exact) mass is 505 g/mol. The lowest BCUT2D eigenvalue weighted by Crippen LogP contribution is -2.47. The summed E-state index contributed by atoms with van der Waals surface area (Å²) in [6.45, 7) is 6.57. The van der Waals surface area contributed by atoms with Crippen molar-refractivity contribution >= 4 is 34.1 Å². The number of fused-ring (bicyclic) bond motifs is 3. The number of pyridine rings is 1. The second kappa shape index (κ2) is 9.89. The largest absolute Gasteiger partial charge is 0.355 e. The van der Waals surface area contributed by atoms with Gasteiger partial charge in [0.2, 0.25) is 0 Å². The number of hydrogen-bond acceptors (Lipinski definition) is 4. The first-order valence-electron chi connectivity index (χ1n) is 12.7. The summed E-state index contributed by atoms with van der Waals surface area (Å²) < 4.78 is 2.23. The van der Waals surface area contributed by atoms with E-state index in [9.17, 15) is 5.26 Å². The zero-order valence-electron chi connectivity index (χ0n) is 20.9. The third-order valence-corrected chi connectivity index (χ3v) is 7.82. The SMILES string of the molecule is Cc1c(Cc2ccccc2)c(N2CCN(Cc3ccccc3Cl)CC2)n2c(nc3ccccc32)c1C#N. The van der Waals surface area contributed by atoms with Gasteiger partial charge in [-0.1, -0.05) is 72.3 Å². The minimum absolute atomic E-state index is 0.656. The average Bonchev–Trinajstić information content (AvgIpc) is 3.31. The molecule has 0 N–H and O–H groups in total. The van der Waals surface area contributed by atoms with Crippen LogP contribution in [0.4, 0.5) is 5.82 Å². The van der Waals surface area contributed by atoms with Gasteiger partial charge in [0.25, 0.3) is 0 Å². The van der Waals surface area contributed by atoms with Gasteiger partial charge in [-0.3, -0.25) is 9.30 Å². The summed E-state index contributed by atoms with van der Waals surface area (Å²) in [5, 5.41) is 11.0. The first-order valence-corrected chi connectivity index (χ1v) is 13.1. The van der Waals surface area contributed by atoms with Gasteiger partial charge in [-0.05, 0) is 41.8 Å². The van der Waals surface area contributed by atoms with Crippen molar-refractivity contribution in [1.29, 1.82) is 5.26 Å². The van der Waals surface area contributed by atoms with E-state index in [4.69, 9.17) is 16.6 Å². The van der Waals surface area contributed by atoms with E-state index >= 15 is 0 Å². The Morgan fingerprint density at radius 1 is 0.892 bits per heavy atom. The average molecular weight is 506 g/mol. The van der Waals surface area contributed by atoms with Gasteiger partial charge in [-0.25, -0.2) is 4.98 Å². The molecule has 0 radical (unpaired) electrons. The van der Waals surface area contributed by atoms with Crippen LogP contribution in [0.5, 0.6) is 0 Å². The predicted molar refractivity (Wildman–Crippen MR) is 150 cm³/mol. The number of halogens is 1. The Kier molecular flexibility index (Phi) is 6.30. The van der Waals surface area contributed by atoms with E-state index in [1.54, 1.807) is 0 Å². The van der Waals surface area contributed by atoms with Gasteiger partial charge in [-0.2, -0.15) is 5.26 Å². The number of para-hydroxylation sites is 2. The van der Waals surface area contributed by atoms with Gasteiger partial charge in [0.05, 0.1) is 16.6 Å². The lowest BCUT2D eigenvalue weighted by atomic mass is 9.97. The molecule has 6 rings (SSSR count). The first kappa shape index (κ1) is 23.5. The lowest BCUT2D eigenvalue weighted by Gasteiger charge is -2.38.